The van der Waals surface area contributed by atoms with E-state index in [9.17, 15) is 9.59 Å². The van der Waals surface area contributed by atoms with E-state index < -0.39 is 11.9 Å². The molecule has 3 aromatic carbocycles. The molecule has 0 fully saturated rings. The zero-order valence-electron chi connectivity index (χ0n) is 20.4. The Morgan fingerprint density at radius 1 is 0.919 bits per heavy atom. The number of hydrogen-bond donors (Lipinski definition) is 1. The van der Waals surface area contributed by atoms with Crippen LogP contribution in [0.3, 0.4) is 0 Å². The molecule has 2 amide bonds. The topological polar surface area (TPSA) is 58.6 Å². The van der Waals surface area contributed by atoms with E-state index in [2.05, 4.69) is 5.32 Å². The van der Waals surface area contributed by atoms with Crippen molar-refractivity contribution in [3.63, 3.8) is 0 Å². The monoisotopic (exact) mass is 580 g/mol. The molecule has 1 N–H and O–H groups in total. The van der Waals surface area contributed by atoms with Crippen LogP contribution in [-0.4, -0.2) is 35.9 Å². The third-order valence-corrected chi connectivity index (χ3v) is 6.97. The minimum absolute atomic E-state index is 0.0216. The van der Waals surface area contributed by atoms with Crippen molar-refractivity contribution in [2.24, 2.45) is 0 Å². The number of halogens is 4. The normalized spacial score (nSPS) is 11.6. The summed E-state index contributed by atoms with van der Waals surface area (Å²) in [6.45, 7) is 2.22. The molecule has 0 heterocycles. The van der Waals surface area contributed by atoms with Crippen LogP contribution >= 0.6 is 46.4 Å². The summed E-state index contributed by atoms with van der Waals surface area (Å²) in [5.74, 6) is -0.380. The molecule has 0 unspecified atom stereocenters. The van der Waals surface area contributed by atoms with Crippen LogP contribution < -0.4 is 10.1 Å². The Bertz CT molecular complexity index is 1190. The number of nitrogens with one attached hydrogen (secondary N) is 1. The Kier molecular flexibility index (Phi) is 11.4. The number of rotatable bonds is 12. The lowest BCUT2D eigenvalue weighted by molar-refractivity contribution is -0.142. The molecule has 0 saturated heterocycles. The number of benzene rings is 3. The molecule has 0 aliphatic carbocycles. The van der Waals surface area contributed by atoms with Crippen LogP contribution in [0, 0.1) is 0 Å². The summed E-state index contributed by atoms with van der Waals surface area (Å²) in [7, 11) is 0. The zero-order valence-corrected chi connectivity index (χ0v) is 23.4. The molecule has 0 spiro atoms. The van der Waals surface area contributed by atoms with Gasteiger partial charge in [0, 0.05) is 40.1 Å². The highest BCUT2D eigenvalue weighted by molar-refractivity contribution is 6.36. The summed E-state index contributed by atoms with van der Waals surface area (Å²) in [5.41, 5.74) is 1.45. The van der Waals surface area contributed by atoms with Gasteiger partial charge in [0.15, 0.2) is 6.61 Å². The van der Waals surface area contributed by atoms with Gasteiger partial charge in [-0.3, -0.25) is 9.59 Å². The number of amides is 2. The number of carbonyl (C=O) groups is 2. The molecule has 0 radical (unpaired) electrons. The maximum atomic E-state index is 13.7. The van der Waals surface area contributed by atoms with Crippen molar-refractivity contribution >= 4 is 58.2 Å². The van der Waals surface area contributed by atoms with E-state index in [-0.39, 0.29) is 24.1 Å². The van der Waals surface area contributed by atoms with Crippen LogP contribution in [0.15, 0.2) is 66.7 Å². The number of ether oxygens (including phenoxy) is 1. The second kappa shape index (κ2) is 14.5. The van der Waals surface area contributed by atoms with Crippen molar-refractivity contribution in [2.45, 2.75) is 38.8 Å². The van der Waals surface area contributed by atoms with E-state index in [1.54, 1.807) is 30.3 Å². The molecule has 0 saturated carbocycles. The van der Waals surface area contributed by atoms with Gasteiger partial charge in [-0.2, -0.15) is 0 Å². The molecule has 1 atom stereocenters. The minimum Gasteiger partial charge on any atom is -0.482 e. The smallest absolute Gasteiger partial charge is 0.261 e. The first-order valence-corrected chi connectivity index (χ1v) is 13.4. The molecule has 0 bridgehead atoms. The summed E-state index contributed by atoms with van der Waals surface area (Å²) >= 11 is 25.1. The Labute approximate surface area is 237 Å². The van der Waals surface area contributed by atoms with Gasteiger partial charge in [-0.1, -0.05) is 96.1 Å². The second-order valence-electron chi connectivity index (χ2n) is 8.44. The highest BCUT2D eigenvalue weighted by atomic mass is 35.5. The van der Waals surface area contributed by atoms with Gasteiger partial charge >= 0.3 is 0 Å². The van der Waals surface area contributed by atoms with Gasteiger partial charge in [0.05, 0.1) is 5.02 Å². The summed E-state index contributed by atoms with van der Waals surface area (Å²) in [5, 5.41) is 4.49. The van der Waals surface area contributed by atoms with Crippen molar-refractivity contribution in [1.29, 1.82) is 0 Å². The van der Waals surface area contributed by atoms with Gasteiger partial charge in [-0.05, 0) is 42.3 Å². The van der Waals surface area contributed by atoms with Crippen LogP contribution in [0.25, 0.3) is 0 Å². The molecule has 0 aromatic heterocycles. The highest BCUT2D eigenvalue weighted by Crippen LogP contribution is 2.29. The van der Waals surface area contributed by atoms with Crippen LogP contribution in [-0.2, 0) is 22.6 Å². The molecule has 37 heavy (non-hydrogen) atoms. The fourth-order valence-corrected chi connectivity index (χ4v) is 4.71. The predicted molar refractivity (Wildman–Crippen MR) is 151 cm³/mol. The van der Waals surface area contributed by atoms with E-state index >= 15 is 0 Å². The predicted octanol–water partition coefficient (Wildman–Crippen LogP) is 7.24. The molecule has 196 valence electrons. The van der Waals surface area contributed by atoms with Crippen molar-refractivity contribution in [2.75, 3.05) is 13.2 Å². The molecule has 5 nitrogen and oxygen atoms in total. The Hall–Kier alpha value is -2.44. The summed E-state index contributed by atoms with van der Waals surface area (Å²) in [6, 6.07) is 18.6. The number of carbonyl (C=O) groups excluding carboxylic acids is 2. The highest BCUT2D eigenvalue weighted by Gasteiger charge is 2.31. The Morgan fingerprint density at radius 3 is 2.27 bits per heavy atom. The molecular weight excluding hydrogens is 554 g/mol. The first-order valence-electron chi connectivity index (χ1n) is 11.9. The fourth-order valence-electron chi connectivity index (χ4n) is 3.73. The van der Waals surface area contributed by atoms with E-state index in [1.807, 2.05) is 37.3 Å². The molecule has 3 aromatic rings. The number of unbranched alkanes of at least 4 members (excludes halogenated alkanes) is 1. The van der Waals surface area contributed by atoms with Gasteiger partial charge in [0.1, 0.15) is 11.8 Å². The summed E-state index contributed by atoms with van der Waals surface area (Å²) in [6.07, 6.45) is 2.05. The third-order valence-electron chi connectivity index (χ3n) is 5.74. The lowest BCUT2D eigenvalue weighted by Crippen LogP contribution is -2.52. The molecule has 3 rings (SSSR count). The third kappa shape index (κ3) is 8.54. The standard InChI is InChI=1S/C28H28Cl4N2O3/c1-2-3-14-33-28(36)25(15-19-8-5-4-6-9-19)34(17-21-22(30)10-7-11-23(21)31)27(35)18-37-26-13-12-20(29)16-24(26)32/h4-13,16,25H,2-3,14-15,17-18H2,1H3,(H,33,36)/t25-/m0/s1. The van der Waals surface area contributed by atoms with E-state index in [4.69, 9.17) is 51.1 Å². The number of nitrogens with zero attached hydrogens (tertiary/aromatic N) is 1. The fraction of sp³-hybridized carbons (Fsp3) is 0.286. The van der Waals surface area contributed by atoms with Crippen LogP contribution in [0.4, 0.5) is 0 Å². The lowest BCUT2D eigenvalue weighted by atomic mass is 10.0. The van der Waals surface area contributed by atoms with Gasteiger partial charge in [-0.15, -0.1) is 0 Å². The van der Waals surface area contributed by atoms with Crippen molar-refractivity contribution in [1.82, 2.24) is 10.2 Å². The maximum Gasteiger partial charge on any atom is 0.261 e. The first kappa shape index (κ1) is 29.1. The van der Waals surface area contributed by atoms with Crippen molar-refractivity contribution in [3.05, 3.63) is 97.9 Å². The molecule has 0 aliphatic rings. The lowest BCUT2D eigenvalue weighted by Gasteiger charge is -2.32. The van der Waals surface area contributed by atoms with Gasteiger partial charge in [-0.25, -0.2) is 0 Å². The molecule has 0 aliphatic heterocycles. The SMILES string of the molecule is CCCCNC(=O)[C@H](Cc1ccccc1)N(Cc1c(Cl)cccc1Cl)C(=O)COc1ccc(Cl)cc1Cl. The molecule has 9 heteroatoms. The van der Waals surface area contributed by atoms with E-state index in [0.29, 0.717) is 39.3 Å². The summed E-state index contributed by atoms with van der Waals surface area (Å²) < 4.78 is 5.73. The first-order chi connectivity index (χ1) is 17.8. The maximum absolute atomic E-state index is 13.7. The minimum atomic E-state index is -0.830. The van der Waals surface area contributed by atoms with Crippen LogP contribution in [0.5, 0.6) is 5.75 Å². The van der Waals surface area contributed by atoms with Gasteiger partial charge < -0.3 is 15.0 Å². The van der Waals surface area contributed by atoms with E-state index in [1.165, 1.54) is 11.0 Å². The van der Waals surface area contributed by atoms with Crippen molar-refractivity contribution in [3.8, 4) is 5.75 Å². The van der Waals surface area contributed by atoms with Crippen LogP contribution in [0.1, 0.15) is 30.9 Å². The van der Waals surface area contributed by atoms with Crippen molar-refractivity contribution < 1.29 is 14.3 Å². The Morgan fingerprint density at radius 2 is 1.62 bits per heavy atom. The molecular formula is C28H28Cl4N2O3. The van der Waals surface area contributed by atoms with Crippen LogP contribution in [0.2, 0.25) is 20.1 Å². The average molecular weight is 582 g/mol. The van der Waals surface area contributed by atoms with Gasteiger partial charge in [0.25, 0.3) is 5.91 Å². The second-order valence-corrected chi connectivity index (χ2v) is 10.1. The summed E-state index contributed by atoms with van der Waals surface area (Å²) in [4.78, 5) is 28.6. The quantitative estimate of drug-likeness (QED) is 0.229. The van der Waals surface area contributed by atoms with Gasteiger partial charge in [0.2, 0.25) is 5.91 Å². The van der Waals surface area contributed by atoms with E-state index in [0.717, 1.165) is 18.4 Å². The number of hydrogen-bond acceptors (Lipinski definition) is 3. The largest absolute Gasteiger partial charge is 0.482 e. The Balaban J connectivity index is 1.94. The zero-order chi connectivity index (χ0) is 26.8. The average Bonchev–Trinajstić information content (AvgIpc) is 2.87.